The van der Waals surface area contributed by atoms with Gasteiger partial charge in [-0.3, -0.25) is 9.59 Å². The van der Waals surface area contributed by atoms with Gasteiger partial charge in [0.15, 0.2) is 5.79 Å². The molecular weight excluding hydrogens is 284 g/mol. The number of carbonyl (C=O) groups is 2. The Kier molecular flexibility index (Phi) is 4.98. The van der Waals surface area contributed by atoms with Gasteiger partial charge in [-0.05, 0) is 12.8 Å². The van der Waals surface area contributed by atoms with E-state index in [-0.39, 0.29) is 24.3 Å². The minimum Gasteiger partial charge on any atom is -0.353 e. The van der Waals surface area contributed by atoms with Gasteiger partial charge in [0, 0.05) is 32.0 Å². The van der Waals surface area contributed by atoms with E-state index in [4.69, 9.17) is 9.47 Å². The normalized spacial score (nSPS) is 25.4. The maximum atomic E-state index is 12.2. The highest BCUT2D eigenvalue weighted by atomic mass is 16.7. The zero-order valence-electron chi connectivity index (χ0n) is 13.1. The second-order valence-electron chi connectivity index (χ2n) is 6.57. The minimum absolute atomic E-state index is 0.0365. The molecule has 6 nitrogen and oxygen atoms in total. The molecule has 2 amide bonds. The second kappa shape index (κ2) is 6.96. The Morgan fingerprint density at radius 1 is 1.05 bits per heavy atom. The molecule has 0 bridgehead atoms. The fourth-order valence-corrected chi connectivity index (χ4v) is 3.66. The molecule has 2 saturated heterocycles. The van der Waals surface area contributed by atoms with Crippen LogP contribution in [0.15, 0.2) is 0 Å². The van der Waals surface area contributed by atoms with Crippen LogP contribution in [0, 0.1) is 0 Å². The summed E-state index contributed by atoms with van der Waals surface area (Å²) in [6, 6.07) is 0.263. The lowest BCUT2D eigenvalue weighted by Crippen LogP contribution is -2.48. The van der Waals surface area contributed by atoms with Crippen molar-refractivity contribution in [2.45, 2.75) is 63.2 Å². The van der Waals surface area contributed by atoms with Gasteiger partial charge in [0.2, 0.25) is 11.8 Å². The van der Waals surface area contributed by atoms with Crippen molar-refractivity contribution in [2.75, 3.05) is 26.3 Å². The number of hydrogen-bond acceptors (Lipinski definition) is 4. The zero-order chi connectivity index (χ0) is 15.4. The first-order valence-corrected chi connectivity index (χ1v) is 8.52. The number of ether oxygens (including phenoxy) is 2. The first-order valence-electron chi connectivity index (χ1n) is 8.52. The fourth-order valence-electron chi connectivity index (χ4n) is 3.66. The molecule has 3 rings (SSSR count). The van der Waals surface area contributed by atoms with Crippen molar-refractivity contribution in [1.82, 2.24) is 10.2 Å². The second-order valence-corrected chi connectivity index (χ2v) is 6.57. The molecule has 3 fully saturated rings. The lowest BCUT2D eigenvalue weighted by molar-refractivity contribution is -0.187. The van der Waals surface area contributed by atoms with Gasteiger partial charge < -0.3 is 19.7 Å². The van der Waals surface area contributed by atoms with E-state index in [1.165, 1.54) is 19.3 Å². The molecule has 0 aromatic carbocycles. The summed E-state index contributed by atoms with van der Waals surface area (Å²) in [5, 5.41) is 3.00. The Morgan fingerprint density at radius 3 is 2.32 bits per heavy atom. The van der Waals surface area contributed by atoms with Crippen molar-refractivity contribution in [2.24, 2.45) is 0 Å². The molecule has 22 heavy (non-hydrogen) atoms. The summed E-state index contributed by atoms with van der Waals surface area (Å²) in [5.74, 6) is -0.687. The Bertz CT molecular complexity index is 404. The standard InChI is InChI=1S/C16H26N2O4/c19-14(17-13-4-2-1-3-5-13)12-15(20)18-8-6-16(7-9-18)21-10-11-22-16/h13H,1-12H2,(H,17,19). The summed E-state index contributed by atoms with van der Waals surface area (Å²) >= 11 is 0. The number of likely N-dealkylation sites (tertiary alicyclic amines) is 1. The summed E-state index contributed by atoms with van der Waals surface area (Å²) in [6.45, 7) is 2.49. The first kappa shape index (κ1) is 15.7. The van der Waals surface area contributed by atoms with Crippen molar-refractivity contribution in [1.29, 1.82) is 0 Å². The third-order valence-electron chi connectivity index (χ3n) is 4.97. The van der Waals surface area contributed by atoms with Crippen LogP contribution in [0.4, 0.5) is 0 Å². The number of rotatable bonds is 3. The first-order chi connectivity index (χ1) is 10.7. The average Bonchev–Trinajstić information content (AvgIpc) is 2.97. The Morgan fingerprint density at radius 2 is 1.68 bits per heavy atom. The van der Waals surface area contributed by atoms with E-state index in [0.29, 0.717) is 39.1 Å². The highest BCUT2D eigenvalue weighted by Gasteiger charge is 2.40. The van der Waals surface area contributed by atoms with Gasteiger partial charge in [0.25, 0.3) is 0 Å². The van der Waals surface area contributed by atoms with Crippen LogP contribution < -0.4 is 5.32 Å². The summed E-state index contributed by atoms with van der Waals surface area (Å²) in [4.78, 5) is 26.0. The predicted molar refractivity (Wildman–Crippen MR) is 80.1 cm³/mol. The van der Waals surface area contributed by atoms with Gasteiger partial charge in [-0.25, -0.2) is 0 Å². The van der Waals surface area contributed by atoms with Crippen LogP contribution in [0.3, 0.4) is 0 Å². The average molecular weight is 310 g/mol. The summed E-state index contributed by atoms with van der Waals surface area (Å²) in [5.41, 5.74) is 0. The quantitative estimate of drug-likeness (QED) is 0.795. The molecular formula is C16H26N2O4. The molecule has 124 valence electrons. The maximum absolute atomic E-state index is 12.2. The third kappa shape index (κ3) is 3.79. The molecule has 0 radical (unpaired) electrons. The maximum Gasteiger partial charge on any atom is 0.232 e. The molecule has 3 aliphatic rings. The molecule has 1 aliphatic carbocycles. The van der Waals surface area contributed by atoms with Gasteiger partial charge in [-0.1, -0.05) is 19.3 Å². The predicted octanol–water partition coefficient (Wildman–Crippen LogP) is 1.19. The summed E-state index contributed by atoms with van der Waals surface area (Å²) in [7, 11) is 0. The highest BCUT2D eigenvalue weighted by molar-refractivity contribution is 5.97. The van der Waals surface area contributed by atoms with Gasteiger partial charge >= 0.3 is 0 Å². The highest BCUT2D eigenvalue weighted by Crippen LogP contribution is 2.31. The molecule has 0 aromatic rings. The van der Waals surface area contributed by atoms with E-state index in [2.05, 4.69) is 5.32 Å². The van der Waals surface area contributed by atoms with E-state index in [0.717, 1.165) is 12.8 Å². The number of carbonyl (C=O) groups excluding carboxylic acids is 2. The number of piperidine rings is 1. The summed E-state index contributed by atoms with van der Waals surface area (Å²) < 4.78 is 11.3. The van der Waals surface area contributed by atoms with Gasteiger partial charge in [0.05, 0.1) is 13.2 Å². The van der Waals surface area contributed by atoms with Gasteiger partial charge in [0.1, 0.15) is 6.42 Å². The Labute approximate surface area is 131 Å². The molecule has 0 aromatic heterocycles. The Hall–Kier alpha value is -1.14. The monoisotopic (exact) mass is 310 g/mol. The van der Waals surface area contributed by atoms with Gasteiger partial charge in [-0.15, -0.1) is 0 Å². The lowest BCUT2D eigenvalue weighted by atomic mass is 9.95. The van der Waals surface area contributed by atoms with Crippen LogP contribution >= 0.6 is 0 Å². The van der Waals surface area contributed by atoms with E-state index >= 15 is 0 Å². The van der Waals surface area contributed by atoms with Crippen molar-refractivity contribution in [3.63, 3.8) is 0 Å². The largest absolute Gasteiger partial charge is 0.353 e. The molecule has 6 heteroatoms. The number of hydrogen-bond donors (Lipinski definition) is 1. The van der Waals surface area contributed by atoms with Crippen LogP contribution in [0.25, 0.3) is 0 Å². The number of nitrogens with one attached hydrogen (secondary N) is 1. The van der Waals surface area contributed by atoms with E-state index in [1.807, 2.05) is 0 Å². The SMILES string of the molecule is O=C(CC(=O)N1CCC2(CC1)OCCO2)NC1CCCCC1. The molecule has 0 unspecified atom stereocenters. The van der Waals surface area contributed by atoms with Crippen LogP contribution in [0.2, 0.25) is 0 Å². The molecule has 0 atom stereocenters. The molecule has 2 aliphatic heterocycles. The summed E-state index contributed by atoms with van der Waals surface area (Å²) in [6.07, 6.45) is 7.05. The fraction of sp³-hybridized carbons (Fsp3) is 0.875. The van der Waals surface area contributed by atoms with Gasteiger partial charge in [-0.2, -0.15) is 0 Å². The van der Waals surface area contributed by atoms with Crippen molar-refractivity contribution < 1.29 is 19.1 Å². The lowest BCUT2D eigenvalue weighted by Gasteiger charge is -2.37. The molecule has 1 N–H and O–H groups in total. The van der Waals surface area contributed by atoms with Crippen LogP contribution in [0.5, 0.6) is 0 Å². The third-order valence-corrected chi connectivity index (χ3v) is 4.97. The van der Waals surface area contributed by atoms with E-state index < -0.39 is 5.79 Å². The smallest absolute Gasteiger partial charge is 0.232 e. The van der Waals surface area contributed by atoms with Crippen molar-refractivity contribution in [3.05, 3.63) is 0 Å². The van der Waals surface area contributed by atoms with E-state index in [9.17, 15) is 9.59 Å². The minimum atomic E-state index is -0.471. The van der Waals surface area contributed by atoms with E-state index in [1.54, 1.807) is 4.90 Å². The van der Waals surface area contributed by atoms with Crippen molar-refractivity contribution in [3.8, 4) is 0 Å². The van der Waals surface area contributed by atoms with Crippen LogP contribution in [-0.4, -0.2) is 54.8 Å². The zero-order valence-corrected chi connectivity index (χ0v) is 13.1. The topological polar surface area (TPSA) is 67.9 Å². The molecule has 1 saturated carbocycles. The number of nitrogens with zero attached hydrogens (tertiary/aromatic N) is 1. The molecule has 1 spiro atoms. The molecule has 2 heterocycles. The number of amides is 2. The van der Waals surface area contributed by atoms with Crippen LogP contribution in [-0.2, 0) is 19.1 Å². The Balaban J connectivity index is 1.41. The van der Waals surface area contributed by atoms with Crippen LogP contribution in [0.1, 0.15) is 51.4 Å². The van der Waals surface area contributed by atoms with Crippen molar-refractivity contribution >= 4 is 11.8 Å².